The second kappa shape index (κ2) is 8.74. The molecule has 0 saturated carbocycles. The highest BCUT2D eigenvalue weighted by Gasteiger charge is 2.12. The lowest BCUT2D eigenvalue weighted by Gasteiger charge is -2.05. The van der Waals surface area contributed by atoms with E-state index in [0.717, 1.165) is 5.69 Å². The standard InChI is InChI=1S/C15H17N3O2S.HI/c16-15(18-13-7-3-1-4-8-13)17-11-12-21(19,20)14-9-5-2-6-10-14;/h1-10H,11-12H2,(H3,16,17,18);1H. The predicted octanol–water partition coefficient (Wildman–Crippen LogP) is 2.51. The van der Waals surface area contributed by atoms with Crippen LogP contribution in [0.3, 0.4) is 0 Å². The molecule has 2 aromatic rings. The maximum absolute atomic E-state index is 12.0. The number of nitrogens with one attached hydrogen (secondary N) is 1. The molecule has 0 bridgehead atoms. The number of hydrogen-bond acceptors (Lipinski definition) is 3. The minimum Gasteiger partial charge on any atom is -0.370 e. The van der Waals surface area contributed by atoms with Crippen LogP contribution < -0.4 is 11.1 Å². The first-order valence-electron chi connectivity index (χ1n) is 6.48. The number of halogens is 1. The Balaban J connectivity index is 0.00000242. The Hall–Kier alpha value is -1.61. The minimum absolute atomic E-state index is 0. The maximum atomic E-state index is 12.0. The second-order valence-electron chi connectivity index (χ2n) is 4.39. The van der Waals surface area contributed by atoms with Crippen LogP contribution >= 0.6 is 24.0 Å². The molecule has 0 amide bonds. The molecule has 22 heavy (non-hydrogen) atoms. The number of para-hydroxylation sites is 1. The van der Waals surface area contributed by atoms with E-state index >= 15 is 0 Å². The van der Waals surface area contributed by atoms with Gasteiger partial charge in [0.05, 0.1) is 17.2 Å². The number of nitrogens with two attached hydrogens (primary N) is 1. The largest absolute Gasteiger partial charge is 0.370 e. The van der Waals surface area contributed by atoms with Gasteiger partial charge in [-0.3, -0.25) is 4.99 Å². The molecule has 0 saturated heterocycles. The summed E-state index contributed by atoms with van der Waals surface area (Å²) in [5.41, 5.74) is 6.53. The third kappa shape index (κ3) is 5.64. The van der Waals surface area contributed by atoms with Gasteiger partial charge in [0.15, 0.2) is 15.8 Å². The highest BCUT2D eigenvalue weighted by Crippen LogP contribution is 2.09. The Morgan fingerprint density at radius 3 is 2.14 bits per heavy atom. The molecule has 0 radical (unpaired) electrons. The molecule has 3 N–H and O–H groups in total. The molecular weight excluding hydrogens is 413 g/mol. The zero-order chi connectivity index (χ0) is 15.1. The van der Waals surface area contributed by atoms with Crippen molar-refractivity contribution in [2.24, 2.45) is 10.7 Å². The van der Waals surface area contributed by atoms with Crippen molar-refractivity contribution < 1.29 is 8.42 Å². The molecule has 118 valence electrons. The summed E-state index contributed by atoms with van der Waals surface area (Å²) in [5, 5.41) is 2.90. The SMILES string of the molecule is I.NC(=NCCS(=O)(=O)c1ccccc1)Nc1ccccc1. The summed E-state index contributed by atoms with van der Waals surface area (Å²) in [6, 6.07) is 17.7. The van der Waals surface area contributed by atoms with E-state index in [1.54, 1.807) is 30.3 Å². The van der Waals surface area contributed by atoms with Crippen LogP contribution in [0.1, 0.15) is 0 Å². The fraction of sp³-hybridized carbons (Fsp3) is 0.133. The first-order chi connectivity index (χ1) is 10.1. The summed E-state index contributed by atoms with van der Waals surface area (Å²) < 4.78 is 24.1. The highest BCUT2D eigenvalue weighted by atomic mass is 127. The molecule has 0 aliphatic rings. The average Bonchev–Trinajstić information content (AvgIpc) is 2.49. The summed E-state index contributed by atoms with van der Waals surface area (Å²) in [5.74, 6) is 0.123. The van der Waals surface area contributed by atoms with Crippen LogP contribution in [0.4, 0.5) is 5.69 Å². The van der Waals surface area contributed by atoms with Crippen LogP contribution in [0.15, 0.2) is 70.6 Å². The molecule has 0 heterocycles. The molecule has 7 heteroatoms. The van der Waals surface area contributed by atoms with Gasteiger partial charge in [-0.25, -0.2) is 8.42 Å². The van der Waals surface area contributed by atoms with Crippen LogP contribution in [0.2, 0.25) is 0 Å². The van der Waals surface area contributed by atoms with Crippen molar-refractivity contribution in [3.8, 4) is 0 Å². The monoisotopic (exact) mass is 431 g/mol. The number of aliphatic imine (C=N–C) groups is 1. The van der Waals surface area contributed by atoms with E-state index in [-0.39, 0.29) is 42.2 Å². The molecule has 0 atom stereocenters. The minimum atomic E-state index is -3.32. The van der Waals surface area contributed by atoms with Crippen LogP contribution in [0, 0.1) is 0 Å². The molecule has 0 aromatic heterocycles. The van der Waals surface area contributed by atoms with Gasteiger partial charge in [0.1, 0.15) is 0 Å². The van der Waals surface area contributed by atoms with Crippen molar-refractivity contribution in [1.29, 1.82) is 0 Å². The molecule has 5 nitrogen and oxygen atoms in total. The van der Waals surface area contributed by atoms with Crippen molar-refractivity contribution in [3.63, 3.8) is 0 Å². The van der Waals surface area contributed by atoms with Gasteiger partial charge in [0, 0.05) is 5.69 Å². The Morgan fingerprint density at radius 1 is 1.00 bits per heavy atom. The fourth-order valence-electron chi connectivity index (χ4n) is 1.74. The van der Waals surface area contributed by atoms with Gasteiger partial charge in [0.25, 0.3) is 0 Å². The molecule has 0 unspecified atom stereocenters. The van der Waals surface area contributed by atoms with Crippen molar-refractivity contribution >= 4 is 45.5 Å². The molecule has 2 rings (SSSR count). The Morgan fingerprint density at radius 2 is 1.55 bits per heavy atom. The van der Waals surface area contributed by atoms with E-state index in [0.29, 0.717) is 4.90 Å². The summed E-state index contributed by atoms with van der Waals surface area (Å²) >= 11 is 0. The topological polar surface area (TPSA) is 84.5 Å². The molecule has 0 aliphatic heterocycles. The number of sulfone groups is 1. The third-order valence-corrected chi connectivity index (χ3v) is 4.50. The van der Waals surface area contributed by atoms with Gasteiger partial charge in [-0.1, -0.05) is 36.4 Å². The zero-order valence-corrected chi connectivity index (χ0v) is 15.0. The Labute approximate surface area is 147 Å². The van der Waals surface area contributed by atoms with Crippen LogP contribution in [-0.4, -0.2) is 26.7 Å². The van der Waals surface area contributed by atoms with Crippen LogP contribution in [0.5, 0.6) is 0 Å². The number of guanidine groups is 1. The van der Waals surface area contributed by atoms with Gasteiger partial charge in [-0.2, -0.15) is 0 Å². The summed E-state index contributed by atoms with van der Waals surface area (Å²) in [7, 11) is -3.32. The van der Waals surface area contributed by atoms with Gasteiger partial charge >= 0.3 is 0 Å². The van der Waals surface area contributed by atoms with Gasteiger partial charge in [0.2, 0.25) is 0 Å². The van der Waals surface area contributed by atoms with E-state index < -0.39 is 9.84 Å². The highest BCUT2D eigenvalue weighted by molar-refractivity contribution is 14.0. The molecular formula is C15H18IN3O2S. The lowest BCUT2D eigenvalue weighted by molar-refractivity contribution is 0.596. The van der Waals surface area contributed by atoms with E-state index in [9.17, 15) is 8.42 Å². The molecule has 0 spiro atoms. The van der Waals surface area contributed by atoms with Crippen LogP contribution in [0.25, 0.3) is 0 Å². The molecule has 0 aliphatic carbocycles. The van der Waals surface area contributed by atoms with Gasteiger partial charge in [-0.05, 0) is 24.3 Å². The van der Waals surface area contributed by atoms with Crippen molar-refractivity contribution in [2.45, 2.75) is 4.90 Å². The smallest absolute Gasteiger partial charge is 0.193 e. The quantitative estimate of drug-likeness (QED) is 0.433. The van der Waals surface area contributed by atoms with E-state index in [4.69, 9.17) is 5.73 Å². The van der Waals surface area contributed by atoms with Gasteiger partial charge in [-0.15, -0.1) is 24.0 Å². The predicted molar refractivity (Wildman–Crippen MR) is 100 cm³/mol. The summed E-state index contributed by atoms with van der Waals surface area (Å²) in [4.78, 5) is 4.34. The zero-order valence-electron chi connectivity index (χ0n) is 11.8. The van der Waals surface area contributed by atoms with Gasteiger partial charge < -0.3 is 11.1 Å². The lowest BCUT2D eigenvalue weighted by Crippen LogP contribution is -2.23. The van der Waals surface area contributed by atoms with Crippen LogP contribution in [-0.2, 0) is 9.84 Å². The first-order valence-corrected chi connectivity index (χ1v) is 8.13. The van der Waals surface area contributed by atoms with Crippen molar-refractivity contribution in [1.82, 2.24) is 0 Å². The first kappa shape index (κ1) is 18.4. The fourth-order valence-corrected chi connectivity index (χ4v) is 2.88. The number of hydrogen-bond donors (Lipinski definition) is 2. The Kier molecular flexibility index (Phi) is 7.33. The Bertz CT molecular complexity index is 704. The number of benzene rings is 2. The molecule has 0 fully saturated rings. The number of rotatable bonds is 5. The van der Waals surface area contributed by atoms with E-state index in [1.807, 2.05) is 30.3 Å². The van der Waals surface area contributed by atoms with Crippen molar-refractivity contribution in [3.05, 3.63) is 60.7 Å². The van der Waals surface area contributed by atoms with E-state index in [2.05, 4.69) is 10.3 Å². The summed E-state index contributed by atoms with van der Waals surface area (Å²) in [6.45, 7) is 0.114. The second-order valence-corrected chi connectivity index (χ2v) is 6.50. The normalized spacial score (nSPS) is 11.5. The third-order valence-electron chi connectivity index (χ3n) is 2.79. The van der Waals surface area contributed by atoms with Crippen molar-refractivity contribution in [2.75, 3.05) is 17.6 Å². The molecule has 2 aromatic carbocycles. The lowest BCUT2D eigenvalue weighted by atomic mass is 10.3. The van der Waals surface area contributed by atoms with E-state index in [1.165, 1.54) is 0 Å². The number of nitrogens with zero attached hydrogens (tertiary/aromatic N) is 1. The number of anilines is 1. The summed E-state index contributed by atoms with van der Waals surface area (Å²) in [6.07, 6.45) is 0. The maximum Gasteiger partial charge on any atom is 0.193 e. The average molecular weight is 431 g/mol.